The van der Waals surface area contributed by atoms with Gasteiger partial charge in [-0.15, -0.1) is 0 Å². The van der Waals surface area contributed by atoms with Crippen molar-refractivity contribution in [3.8, 4) is 0 Å². The molecule has 0 aromatic carbocycles. The fourth-order valence-corrected chi connectivity index (χ4v) is 4.17. The number of hydrogen-bond donors (Lipinski definition) is 1. The molecule has 0 spiro atoms. The zero-order valence-electron chi connectivity index (χ0n) is 23.6. The SMILES string of the molecule is C=C(/C=C\CC)C[C@H](CO[C@@H](C)C(C)N=C(/C=C(/CC)NC)C(=O)N1CCCCC[C@H]1C)C(=O)OC. The van der Waals surface area contributed by atoms with Gasteiger partial charge in [0.25, 0.3) is 5.91 Å². The molecule has 0 radical (unpaired) electrons. The summed E-state index contributed by atoms with van der Waals surface area (Å²) >= 11 is 0. The summed E-state index contributed by atoms with van der Waals surface area (Å²) in [6.07, 6.45) is 12.0. The van der Waals surface area contributed by atoms with Gasteiger partial charge in [0.15, 0.2) is 0 Å². The molecule has 1 rings (SSSR count). The average Bonchev–Trinajstić information content (AvgIpc) is 3.10. The predicted octanol–water partition coefficient (Wildman–Crippen LogP) is 5.23. The zero-order valence-corrected chi connectivity index (χ0v) is 23.6. The van der Waals surface area contributed by atoms with E-state index < -0.39 is 5.92 Å². The van der Waals surface area contributed by atoms with Crippen molar-refractivity contribution < 1.29 is 19.1 Å². The molecule has 1 aliphatic heterocycles. The molecule has 7 heteroatoms. The summed E-state index contributed by atoms with van der Waals surface area (Å²) in [6.45, 7) is 15.1. The van der Waals surface area contributed by atoms with Crippen molar-refractivity contribution in [3.63, 3.8) is 0 Å². The van der Waals surface area contributed by atoms with Crippen molar-refractivity contribution in [1.82, 2.24) is 10.2 Å². The number of esters is 1. The minimum absolute atomic E-state index is 0.0314. The van der Waals surface area contributed by atoms with Gasteiger partial charge in [-0.1, -0.05) is 51.0 Å². The van der Waals surface area contributed by atoms with E-state index in [1.165, 1.54) is 7.11 Å². The molecule has 0 aromatic rings. The first-order chi connectivity index (χ1) is 17.2. The first kappa shape index (κ1) is 31.6. The second-order valence-electron chi connectivity index (χ2n) is 9.66. The number of carbonyl (C=O) groups excluding carboxylic acids is 2. The minimum atomic E-state index is -0.447. The number of ether oxygens (including phenoxy) is 2. The number of carbonyl (C=O) groups is 2. The van der Waals surface area contributed by atoms with Gasteiger partial charge < -0.3 is 19.7 Å². The van der Waals surface area contributed by atoms with E-state index in [1.807, 2.05) is 50.9 Å². The summed E-state index contributed by atoms with van der Waals surface area (Å²) in [5, 5.41) is 3.17. The van der Waals surface area contributed by atoms with E-state index in [9.17, 15) is 9.59 Å². The van der Waals surface area contributed by atoms with Crippen molar-refractivity contribution >= 4 is 17.6 Å². The molecule has 1 N–H and O–H groups in total. The van der Waals surface area contributed by atoms with Crippen molar-refractivity contribution in [1.29, 1.82) is 0 Å². The molecule has 1 fully saturated rings. The normalized spacial score (nSPS) is 20.0. The summed E-state index contributed by atoms with van der Waals surface area (Å²) < 4.78 is 11.1. The molecular weight excluding hydrogens is 454 g/mol. The number of amides is 1. The summed E-state index contributed by atoms with van der Waals surface area (Å²) in [5.74, 6) is -0.798. The van der Waals surface area contributed by atoms with Crippen LogP contribution in [-0.2, 0) is 19.1 Å². The standard InChI is InChI=1S/C29H49N3O4/c1-9-11-15-21(3)18-25(29(34)35-8)20-36-24(6)23(5)31-27(19-26(10-2)30-7)28(33)32-17-14-12-13-16-22(32)4/h11,15,19,22-25,30H,3,9-10,12-14,16-18,20H2,1-2,4-8H3/b15-11-,26-19-,31-27?/t22-,23?,24+,25-/m1/s1. The third-order valence-corrected chi connectivity index (χ3v) is 6.76. The Labute approximate surface area is 219 Å². The molecule has 1 saturated heterocycles. The maximum Gasteiger partial charge on any atom is 0.311 e. The van der Waals surface area contributed by atoms with Gasteiger partial charge in [-0.3, -0.25) is 14.6 Å². The number of allylic oxidation sites excluding steroid dienone is 4. The Hall–Kier alpha value is -2.41. The van der Waals surface area contributed by atoms with E-state index in [4.69, 9.17) is 14.5 Å². The number of nitrogens with one attached hydrogen (secondary N) is 1. The van der Waals surface area contributed by atoms with Crippen molar-refractivity contribution in [2.24, 2.45) is 10.9 Å². The van der Waals surface area contributed by atoms with Crippen LogP contribution < -0.4 is 5.32 Å². The minimum Gasteiger partial charge on any atom is -0.469 e. The summed E-state index contributed by atoms with van der Waals surface area (Å²) in [4.78, 5) is 32.7. The van der Waals surface area contributed by atoms with E-state index in [0.717, 1.165) is 56.3 Å². The molecule has 1 amide bonds. The molecule has 204 valence electrons. The highest BCUT2D eigenvalue weighted by Gasteiger charge is 2.27. The molecular formula is C29H49N3O4. The second-order valence-corrected chi connectivity index (χ2v) is 9.66. The highest BCUT2D eigenvalue weighted by molar-refractivity contribution is 6.43. The average molecular weight is 504 g/mol. The van der Waals surface area contributed by atoms with Gasteiger partial charge in [-0.25, -0.2) is 0 Å². The highest BCUT2D eigenvalue weighted by atomic mass is 16.5. The molecule has 1 aliphatic rings. The van der Waals surface area contributed by atoms with Crippen LogP contribution in [0.2, 0.25) is 0 Å². The number of likely N-dealkylation sites (tertiary alicyclic amines) is 1. The molecule has 0 aliphatic carbocycles. The molecule has 0 aromatic heterocycles. The van der Waals surface area contributed by atoms with Gasteiger partial charge in [0.1, 0.15) is 5.71 Å². The third kappa shape index (κ3) is 10.7. The monoisotopic (exact) mass is 503 g/mol. The van der Waals surface area contributed by atoms with E-state index >= 15 is 0 Å². The van der Waals surface area contributed by atoms with Crippen LogP contribution in [0.5, 0.6) is 0 Å². The number of methoxy groups -OCH3 is 1. The van der Waals surface area contributed by atoms with Crippen molar-refractivity contribution in [2.75, 3.05) is 27.3 Å². The fourth-order valence-electron chi connectivity index (χ4n) is 4.17. The number of hydrogen-bond acceptors (Lipinski definition) is 6. The van der Waals surface area contributed by atoms with Gasteiger partial charge in [-0.2, -0.15) is 0 Å². The van der Waals surface area contributed by atoms with E-state index in [-0.39, 0.29) is 36.7 Å². The zero-order chi connectivity index (χ0) is 27.1. The van der Waals surface area contributed by atoms with Gasteiger partial charge >= 0.3 is 5.97 Å². The second kappa shape index (κ2) is 17.1. The highest BCUT2D eigenvalue weighted by Crippen LogP contribution is 2.19. The van der Waals surface area contributed by atoms with E-state index in [1.54, 1.807) is 0 Å². The Kier molecular flexibility index (Phi) is 15.0. The van der Waals surface area contributed by atoms with Crippen LogP contribution in [0, 0.1) is 5.92 Å². The molecule has 1 heterocycles. The molecule has 0 saturated carbocycles. The van der Waals surface area contributed by atoms with Crippen LogP contribution in [0.4, 0.5) is 0 Å². The Morgan fingerprint density at radius 1 is 1.22 bits per heavy atom. The quantitative estimate of drug-likeness (QED) is 0.200. The van der Waals surface area contributed by atoms with Gasteiger partial charge in [0, 0.05) is 25.3 Å². The number of aliphatic imine (C=N–C) groups is 1. The Balaban J connectivity index is 3.05. The smallest absolute Gasteiger partial charge is 0.311 e. The summed E-state index contributed by atoms with van der Waals surface area (Å²) in [5.41, 5.74) is 2.26. The van der Waals surface area contributed by atoms with Gasteiger partial charge in [-0.05, 0) is 59.0 Å². The predicted molar refractivity (Wildman–Crippen MR) is 148 cm³/mol. The molecule has 1 unspecified atom stereocenters. The summed E-state index contributed by atoms with van der Waals surface area (Å²) in [6, 6.07) is -0.0863. The topological polar surface area (TPSA) is 80.2 Å². The van der Waals surface area contributed by atoms with Crippen molar-refractivity contribution in [2.45, 2.75) is 97.8 Å². The Morgan fingerprint density at radius 3 is 2.56 bits per heavy atom. The third-order valence-electron chi connectivity index (χ3n) is 6.76. The molecule has 7 nitrogen and oxygen atoms in total. The number of nitrogens with zero attached hydrogens (tertiary/aromatic N) is 2. The van der Waals surface area contributed by atoms with Gasteiger partial charge in [0.05, 0.1) is 31.8 Å². The van der Waals surface area contributed by atoms with Crippen LogP contribution in [0.25, 0.3) is 0 Å². The maximum atomic E-state index is 13.6. The van der Waals surface area contributed by atoms with Crippen LogP contribution in [-0.4, -0.2) is 68.0 Å². The van der Waals surface area contributed by atoms with E-state index in [2.05, 4.69) is 25.7 Å². The Morgan fingerprint density at radius 2 is 1.94 bits per heavy atom. The van der Waals surface area contributed by atoms with Crippen LogP contribution in [0.15, 0.2) is 41.1 Å². The largest absolute Gasteiger partial charge is 0.469 e. The van der Waals surface area contributed by atoms with Crippen LogP contribution in [0.1, 0.15) is 79.6 Å². The Bertz CT molecular complexity index is 796. The lowest BCUT2D eigenvalue weighted by molar-refractivity contribution is -0.148. The van der Waals surface area contributed by atoms with Crippen LogP contribution in [0.3, 0.4) is 0 Å². The molecule has 36 heavy (non-hydrogen) atoms. The molecule has 4 atom stereocenters. The lowest BCUT2D eigenvalue weighted by Gasteiger charge is -2.28. The summed E-state index contributed by atoms with van der Waals surface area (Å²) in [7, 11) is 3.25. The number of rotatable bonds is 14. The van der Waals surface area contributed by atoms with Crippen molar-refractivity contribution in [3.05, 3.63) is 36.1 Å². The van der Waals surface area contributed by atoms with Gasteiger partial charge in [0.2, 0.25) is 0 Å². The first-order valence-electron chi connectivity index (χ1n) is 13.5. The maximum absolute atomic E-state index is 13.6. The lowest BCUT2D eigenvalue weighted by atomic mass is 10.0. The van der Waals surface area contributed by atoms with Crippen LogP contribution >= 0.6 is 0 Å². The van der Waals surface area contributed by atoms with E-state index in [0.29, 0.717) is 12.1 Å². The fraction of sp³-hybridized carbons (Fsp3) is 0.690. The first-order valence-corrected chi connectivity index (χ1v) is 13.5. The molecule has 0 bridgehead atoms. The lowest BCUT2D eigenvalue weighted by Crippen LogP contribution is -2.42.